The van der Waals surface area contributed by atoms with Gasteiger partial charge in [-0.2, -0.15) is 0 Å². The van der Waals surface area contributed by atoms with Crippen molar-refractivity contribution in [2.45, 2.75) is 103 Å². The van der Waals surface area contributed by atoms with Gasteiger partial charge in [-0.3, -0.25) is 9.13 Å². The molecule has 0 radical (unpaired) electrons. The number of ether oxygens (including phenoxy) is 2. The van der Waals surface area contributed by atoms with Gasteiger partial charge in [0.15, 0.2) is 0 Å². The molecule has 0 amide bonds. The summed E-state index contributed by atoms with van der Waals surface area (Å²) in [5, 5.41) is 1.38. The summed E-state index contributed by atoms with van der Waals surface area (Å²) in [4.78, 5) is 8.55. The maximum Gasteiger partial charge on any atom is 0.356 e. The van der Waals surface area contributed by atoms with Crippen molar-refractivity contribution < 1.29 is 36.7 Å². The lowest BCUT2D eigenvalue weighted by molar-refractivity contribution is 0.0731. The van der Waals surface area contributed by atoms with Crippen LogP contribution in [0.5, 0.6) is 0 Å². The van der Waals surface area contributed by atoms with Crippen molar-refractivity contribution in [2.24, 2.45) is 0 Å². The van der Waals surface area contributed by atoms with E-state index in [4.69, 9.17) is 33.3 Å². The van der Waals surface area contributed by atoms with Crippen LogP contribution in [0.1, 0.15) is 62.3 Å². The van der Waals surface area contributed by atoms with Crippen molar-refractivity contribution in [1.29, 1.82) is 0 Å². The zero-order valence-corrected chi connectivity index (χ0v) is 27.4. The molecule has 38 heavy (non-hydrogen) atoms. The van der Waals surface area contributed by atoms with E-state index >= 15 is 0 Å². The van der Waals surface area contributed by atoms with Crippen LogP contribution in [0.4, 0.5) is 5.95 Å². The predicted molar refractivity (Wildman–Crippen MR) is 154 cm³/mol. The quantitative estimate of drug-likeness (QED) is 0.0721. The molecule has 15 heteroatoms. The van der Waals surface area contributed by atoms with Gasteiger partial charge in [-0.25, -0.2) is 9.97 Å². The Morgan fingerprint density at radius 1 is 0.763 bits per heavy atom. The minimum absolute atomic E-state index is 0.119. The number of nitrogen functional groups attached to an aromatic ring is 1. The summed E-state index contributed by atoms with van der Waals surface area (Å²) in [5.74, 6) is 1.27. The largest absolute Gasteiger partial charge is 0.368 e. The van der Waals surface area contributed by atoms with E-state index in [0.717, 1.165) is 0 Å². The van der Waals surface area contributed by atoms with Crippen molar-refractivity contribution in [1.82, 2.24) is 9.97 Å². The second-order valence-electron chi connectivity index (χ2n) is 9.54. The first kappa shape index (κ1) is 35.8. The van der Waals surface area contributed by atoms with Gasteiger partial charge < -0.3 is 33.3 Å². The van der Waals surface area contributed by atoms with Gasteiger partial charge in [0.25, 0.3) is 0 Å². The molecule has 0 aromatic carbocycles. The highest BCUT2D eigenvalue weighted by Gasteiger charge is 2.29. The van der Waals surface area contributed by atoms with Gasteiger partial charge >= 0.3 is 15.2 Å². The van der Waals surface area contributed by atoms with Crippen LogP contribution in [0, 0.1) is 0 Å². The highest BCUT2D eigenvalue weighted by Crippen LogP contribution is 2.51. The van der Waals surface area contributed by atoms with Gasteiger partial charge in [0.05, 0.1) is 37.1 Å². The maximum absolute atomic E-state index is 12.9. The molecule has 1 atom stereocenters. The minimum atomic E-state index is -3.37. The van der Waals surface area contributed by atoms with Gasteiger partial charge in [0.2, 0.25) is 5.95 Å². The molecule has 0 aliphatic heterocycles. The topological polar surface area (TPSA) is 141 Å². The Hall–Kier alpha value is -0.200. The Labute approximate surface area is 236 Å². The zero-order chi connectivity index (χ0) is 28.9. The highest BCUT2D eigenvalue weighted by molar-refractivity contribution is 8.00. The van der Waals surface area contributed by atoms with Gasteiger partial charge in [0.1, 0.15) is 22.7 Å². The number of thioether (sulfide) groups is 2. The average molecular weight is 618 g/mol. The molecule has 0 aliphatic rings. The van der Waals surface area contributed by atoms with Crippen LogP contribution >= 0.6 is 38.7 Å². The first-order valence-corrected chi connectivity index (χ1v) is 18.0. The molecule has 2 N–H and O–H groups in total. The number of hydrogen-bond donors (Lipinski definition) is 1. The molecule has 0 unspecified atom stereocenters. The molecule has 0 saturated carbocycles. The number of rotatable bonds is 20. The standard InChI is InChI=1S/C23H45N3O8P2S2/c1-16(2)31-35(27,32-17(3)4)14-29-10-11-37-21-12-22(26-23(24)25-21)38-13-20(9)30-15-36(28,33-18(5)6)34-19(7)8/h12,16-20H,10-11,13-15H2,1-9H3,(H2,24,25,26)/t20-/m1/s1. The second-order valence-corrected chi connectivity index (χ2v) is 15.5. The molecule has 0 fully saturated rings. The van der Waals surface area contributed by atoms with Gasteiger partial charge in [-0.15, -0.1) is 23.5 Å². The predicted octanol–water partition coefficient (Wildman–Crippen LogP) is 6.67. The SMILES string of the molecule is CC(C)OP(=O)(COCCSc1cc(SC[C@@H](C)OCP(=O)(OC(C)C)OC(C)C)nc(N)n1)OC(C)C. The van der Waals surface area contributed by atoms with Gasteiger partial charge in [0, 0.05) is 17.6 Å². The lowest BCUT2D eigenvalue weighted by atomic mass is 10.5. The Morgan fingerprint density at radius 3 is 1.68 bits per heavy atom. The second kappa shape index (κ2) is 17.6. The monoisotopic (exact) mass is 617 g/mol. The van der Waals surface area contributed by atoms with Crippen molar-refractivity contribution in [3.8, 4) is 0 Å². The summed E-state index contributed by atoms with van der Waals surface area (Å²) < 4.78 is 59.1. The fourth-order valence-corrected chi connectivity index (χ4v) is 8.27. The van der Waals surface area contributed by atoms with E-state index in [1.54, 1.807) is 55.4 Å². The first-order valence-electron chi connectivity index (χ1n) is 12.6. The maximum atomic E-state index is 12.9. The highest BCUT2D eigenvalue weighted by atomic mass is 32.2. The normalized spacial score (nSPS) is 13.8. The van der Waals surface area contributed by atoms with E-state index in [1.807, 2.05) is 13.0 Å². The molecule has 1 aromatic rings. The van der Waals surface area contributed by atoms with E-state index in [9.17, 15) is 9.13 Å². The Balaban J connectivity index is 2.56. The fraction of sp³-hybridized carbons (Fsp3) is 0.826. The summed E-state index contributed by atoms with van der Waals surface area (Å²) in [5.41, 5.74) is 5.90. The average Bonchev–Trinajstić information content (AvgIpc) is 2.73. The minimum Gasteiger partial charge on any atom is -0.368 e. The lowest BCUT2D eigenvalue weighted by Crippen LogP contribution is -2.17. The molecular formula is C23H45N3O8P2S2. The van der Waals surface area contributed by atoms with E-state index < -0.39 is 15.2 Å². The summed E-state index contributed by atoms with van der Waals surface area (Å²) in [6.45, 7) is 16.6. The number of aromatic nitrogens is 2. The number of hydrogen-bond acceptors (Lipinski definition) is 13. The molecule has 0 spiro atoms. The first-order chi connectivity index (χ1) is 17.6. The van der Waals surface area contributed by atoms with Crippen molar-refractivity contribution >= 4 is 44.7 Å². The third-order valence-electron chi connectivity index (χ3n) is 3.89. The summed E-state index contributed by atoms with van der Waals surface area (Å²) >= 11 is 2.90. The molecule has 1 aromatic heterocycles. The Bertz CT molecular complexity index is 897. The molecule has 222 valence electrons. The van der Waals surface area contributed by atoms with Crippen molar-refractivity contribution in [3.63, 3.8) is 0 Å². The molecule has 0 bridgehead atoms. The van der Waals surface area contributed by atoms with E-state index in [0.29, 0.717) is 28.2 Å². The Morgan fingerprint density at radius 2 is 1.21 bits per heavy atom. The van der Waals surface area contributed by atoms with Gasteiger partial charge in [-0.05, 0) is 62.3 Å². The van der Waals surface area contributed by atoms with Crippen LogP contribution in [-0.2, 0) is 36.7 Å². The fourth-order valence-electron chi connectivity index (χ4n) is 2.88. The zero-order valence-electron chi connectivity index (χ0n) is 23.9. The lowest BCUT2D eigenvalue weighted by Gasteiger charge is -2.24. The van der Waals surface area contributed by atoms with E-state index in [-0.39, 0.29) is 49.2 Å². The van der Waals surface area contributed by atoms with Crippen molar-refractivity contribution in [3.05, 3.63) is 6.07 Å². The molecule has 0 aliphatic carbocycles. The number of nitrogens with two attached hydrogens (primary N) is 1. The molecule has 1 rings (SSSR count). The Kier molecular flexibility index (Phi) is 16.6. The van der Waals surface area contributed by atoms with E-state index in [1.165, 1.54) is 23.5 Å². The van der Waals surface area contributed by atoms with Crippen LogP contribution in [0.25, 0.3) is 0 Å². The molecule has 0 saturated heterocycles. The summed E-state index contributed by atoms with van der Waals surface area (Å²) in [6.07, 6.45) is -1.46. The van der Waals surface area contributed by atoms with Gasteiger partial charge in [-0.1, -0.05) is 0 Å². The van der Waals surface area contributed by atoms with Crippen LogP contribution < -0.4 is 5.73 Å². The van der Waals surface area contributed by atoms with E-state index in [2.05, 4.69) is 9.97 Å². The van der Waals surface area contributed by atoms with Crippen LogP contribution in [0.15, 0.2) is 16.1 Å². The smallest absolute Gasteiger partial charge is 0.356 e. The summed E-state index contributed by atoms with van der Waals surface area (Å²) in [7, 11) is -6.70. The third-order valence-corrected chi connectivity index (χ3v) is 9.84. The van der Waals surface area contributed by atoms with Crippen molar-refractivity contribution in [2.75, 3.05) is 36.5 Å². The van der Waals surface area contributed by atoms with Crippen LogP contribution in [-0.4, -0.2) is 71.3 Å². The number of nitrogens with zero attached hydrogens (tertiary/aromatic N) is 2. The van der Waals surface area contributed by atoms with Crippen LogP contribution in [0.2, 0.25) is 0 Å². The molecule has 11 nitrogen and oxygen atoms in total. The number of anilines is 1. The molecule has 1 heterocycles. The molecular weight excluding hydrogens is 572 g/mol. The summed E-state index contributed by atoms with van der Waals surface area (Å²) in [6, 6.07) is 1.84. The third kappa shape index (κ3) is 16.2. The van der Waals surface area contributed by atoms with Crippen LogP contribution in [0.3, 0.4) is 0 Å².